The van der Waals surface area contributed by atoms with Crippen LogP contribution in [0.5, 0.6) is 0 Å². The molecule has 3 aliphatic rings. The van der Waals surface area contributed by atoms with Crippen LogP contribution in [0, 0.1) is 11.8 Å². The van der Waals surface area contributed by atoms with Gasteiger partial charge in [-0.2, -0.15) is 0 Å². The maximum Gasteiger partial charge on any atom is 0.303 e. The van der Waals surface area contributed by atoms with E-state index in [0.29, 0.717) is 6.61 Å². The van der Waals surface area contributed by atoms with Crippen LogP contribution in [0.1, 0.15) is 48.5 Å². The SMILES string of the molecule is C=CCO[C@H]1OC(C)[C@H](OC(C)=O)C(O[C@@H]2OC(C)C(C)[C@@H]3OC(C)(C)OC23)[C@H]1C. The average Bonchev–Trinajstić information content (AvgIpc) is 2.99. The van der Waals surface area contributed by atoms with E-state index in [-0.39, 0.29) is 30.1 Å². The van der Waals surface area contributed by atoms with Gasteiger partial charge in [-0.15, -0.1) is 6.58 Å². The first kappa shape index (κ1) is 23.6. The number of hydrogen-bond acceptors (Lipinski definition) is 8. The highest BCUT2D eigenvalue weighted by atomic mass is 16.8. The Hall–Kier alpha value is -1.03. The summed E-state index contributed by atoms with van der Waals surface area (Å²) in [6.07, 6.45) is -1.68. The van der Waals surface area contributed by atoms with Crippen molar-refractivity contribution in [1.82, 2.24) is 0 Å². The van der Waals surface area contributed by atoms with Gasteiger partial charge >= 0.3 is 5.97 Å². The Balaban J connectivity index is 1.83. The van der Waals surface area contributed by atoms with Crippen LogP contribution >= 0.6 is 0 Å². The Morgan fingerprint density at radius 3 is 2.23 bits per heavy atom. The lowest BCUT2D eigenvalue weighted by Gasteiger charge is -2.47. The van der Waals surface area contributed by atoms with Crippen molar-refractivity contribution < 1.29 is 38.0 Å². The van der Waals surface area contributed by atoms with E-state index in [9.17, 15) is 4.79 Å². The number of rotatable bonds is 6. The second-order valence-electron chi connectivity index (χ2n) is 9.00. The van der Waals surface area contributed by atoms with Crippen molar-refractivity contribution in [2.24, 2.45) is 11.8 Å². The molecule has 0 N–H and O–H groups in total. The van der Waals surface area contributed by atoms with Gasteiger partial charge in [0.2, 0.25) is 0 Å². The molecule has 0 radical (unpaired) electrons. The topological polar surface area (TPSA) is 81.7 Å². The van der Waals surface area contributed by atoms with Crippen molar-refractivity contribution >= 4 is 5.97 Å². The summed E-state index contributed by atoms with van der Waals surface area (Å²) in [6.45, 7) is 17.1. The van der Waals surface area contributed by atoms with Gasteiger partial charge in [0.25, 0.3) is 0 Å². The lowest BCUT2D eigenvalue weighted by Crippen LogP contribution is -2.60. The predicted octanol–water partition coefficient (Wildman–Crippen LogP) is 2.79. The Labute approximate surface area is 179 Å². The molecule has 5 unspecified atom stereocenters. The highest BCUT2D eigenvalue weighted by Gasteiger charge is 2.55. The van der Waals surface area contributed by atoms with E-state index in [4.69, 9.17) is 33.2 Å². The Morgan fingerprint density at radius 1 is 0.967 bits per heavy atom. The van der Waals surface area contributed by atoms with Gasteiger partial charge in [-0.3, -0.25) is 4.79 Å². The molecule has 3 rings (SSSR count). The summed E-state index contributed by atoms with van der Waals surface area (Å²) in [5, 5.41) is 0. The lowest BCUT2D eigenvalue weighted by atomic mass is 9.90. The fourth-order valence-corrected chi connectivity index (χ4v) is 4.42. The van der Waals surface area contributed by atoms with Crippen LogP contribution in [0.25, 0.3) is 0 Å². The first-order valence-corrected chi connectivity index (χ1v) is 10.8. The van der Waals surface area contributed by atoms with E-state index >= 15 is 0 Å². The van der Waals surface area contributed by atoms with Crippen molar-refractivity contribution in [3.63, 3.8) is 0 Å². The molecule has 0 aromatic carbocycles. The van der Waals surface area contributed by atoms with Gasteiger partial charge in [0.15, 0.2) is 24.5 Å². The first-order chi connectivity index (χ1) is 14.0. The summed E-state index contributed by atoms with van der Waals surface area (Å²) in [6, 6.07) is 0. The number of ether oxygens (including phenoxy) is 7. The first-order valence-electron chi connectivity index (χ1n) is 10.8. The van der Waals surface area contributed by atoms with Gasteiger partial charge in [0.1, 0.15) is 12.2 Å². The van der Waals surface area contributed by atoms with E-state index in [0.717, 1.165) is 0 Å². The highest BCUT2D eigenvalue weighted by Crippen LogP contribution is 2.42. The molecule has 0 spiro atoms. The molecule has 3 saturated heterocycles. The molecule has 8 nitrogen and oxygen atoms in total. The van der Waals surface area contributed by atoms with Crippen LogP contribution in [-0.4, -0.2) is 67.6 Å². The van der Waals surface area contributed by atoms with Crippen molar-refractivity contribution in [3.8, 4) is 0 Å². The van der Waals surface area contributed by atoms with Gasteiger partial charge in [-0.25, -0.2) is 0 Å². The molecule has 3 heterocycles. The summed E-state index contributed by atoms with van der Waals surface area (Å²) >= 11 is 0. The van der Waals surface area contributed by atoms with Crippen LogP contribution in [0.2, 0.25) is 0 Å². The van der Waals surface area contributed by atoms with Gasteiger partial charge in [-0.05, 0) is 27.7 Å². The average molecular weight is 429 g/mol. The molecule has 10 atom stereocenters. The third-order valence-corrected chi connectivity index (χ3v) is 6.09. The number of hydrogen-bond donors (Lipinski definition) is 0. The molecule has 0 saturated carbocycles. The second kappa shape index (κ2) is 9.22. The molecule has 0 aromatic rings. The van der Waals surface area contributed by atoms with Gasteiger partial charge < -0.3 is 33.2 Å². The van der Waals surface area contributed by atoms with Crippen molar-refractivity contribution in [2.45, 2.75) is 103 Å². The minimum atomic E-state index is -0.724. The quantitative estimate of drug-likeness (QED) is 0.472. The number of esters is 1. The molecular formula is C22H36O8. The van der Waals surface area contributed by atoms with Crippen molar-refractivity contribution in [2.75, 3.05) is 6.61 Å². The van der Waals surface area contributed by atoms with Gasteiger partial charge in [-0.1, -0.05) is 19.9 Å². The van der Waals surface area contributed by atoms with E-state index in [1.165, 1.54) is 6.92 Å². The number of fused-ring (bicyclic) bond motifs is 1. The Morgan fingerprint density at radius 2 is 1.60 bits per heavy atom. The molecule has 0 aromatic heterocycles. The van der Waals surface area contributed by atoms with Crippen molar-refractivity contribution in [1.29, 1.82) is 0 Å². The van der Waals surface area contributed by atoms with Crippen LogP contribution in [-0.2, 0) is 38.0 Å². The van der Waals surface area contributed by atoms with E-state index < -0.39 is 42.6 Å². The minimum absolute atomic E-state index is 0.0821. The molecule has 0 amide bonds. The molecule has 30 heavy (non-hydrogen) atoms. The van der Waals surface area contributed by atoms with E-state index in [2.05, 4.69) is 13.5 Å². The molecule has 8 heteroatoms. The van der Waals surface area contributed by atoms with Crippen LogP contribution in [0.4, 0.5) is 0 Å². The minimum Gasteiger partial charge on any atom is -0.457 e. The molecule has 172 valence electrons. The Kier molecular flexibility index (Phi) is 7.26. The van der Waals surface area contributed by atoms with Crippen LogP contribution < -0.4 is 0 Å². The second-order valence-corrected chi connectivity index (χ2v) is 9.00. The maximum atomic E-state index is 11.8. The zero-order chi connectivity index (χ0) is 22.2. The maximum absolute atomic E-state index is 11.8. The smallest absolute Gasteiger partial charge is 0.303 e. The number of carbonyl (C=O) groups excluding carboxylic acids is 1. The zero-order valence-electron chi connectivity index (χ0n) is 19.0. The van der Waals surface area contributed by atoms with Crippen LogP contribution in [0.15, 0.2) is 12.7 Å². The summed E-state index contributed by atoms with van der Waals surface area (Å²) in [5.41, 5.74) is 0. The third-order valence-electron chi connectivity index (χ3n) is 6.09. The molecule has 0 aliphatic carbocycles. The van der Waals surface area contributed by atoms with Gasteiger partial charge in [0, 0.05) is 18.8 Å². The lowest BCUT2D eigenvalue weighted by molar-refractivity contribution is -0.332. The highest BCUT2D eigenvalue weighted by molar-refractivity contribution is 5.66. The molecular weight excluding hydrogens is 392 g/mol. The Bertz CT molecular complexity index is 622. The zero-order valence-corrected chi connectivity index (χ0v) is 19.0. The number of carbonyl (C=O) groups is 1. The summed E-state index contributed by atoms with van der Waals surface area (Å²) in [5.74, 6) is -1.20. The molecule has 3 fully saturated rings. The van der Waals surface area contributed by atoms with Gasteiger partial charge in [0.05, 0.1) is 24.9 Å². The van der Waals surface area contributed by atoms with Crippen molar-refractivity contribution in [3.05, 3.63) is 12.7 Å². The van der Waals surface area contributed by atoms with E-state index in [1.807, 2.05) is 34.6 Å². The van der Waals surface area contributed by atoms with E-state index in [1.54, 1.807) is 6.08 Å². The summed E-state index contributed by atoms with van der Waals surface area (Å²) < 4.78 is 42.3. The fraction of sp³-hybridized carbons (Fsp3) is 0.864. The summed E-state index contributed by atoms with van der Waals surface area (Å²) in [4.78, 5) is 11.8. The fourth-order valence-electron chi connectivity index (χ4n) is 4.42. The largest absolute Gasteiger partial charge is 0.457 e. The molecule has 3 aliphatic heterocycles. The monoisotopic (exact) mass is 428 g/mol. The standard InChI is InChI=1S/C22H36O8/c1-9-10-24-20-12(3)16(18(14(5)26-20)27-15(6)23)28-21-19-17(11(2)13(4)25-21)29-22(7,8)30-19/h9,11-14,16-21H,1,10H2,2-8H3/t11?,12-,13?,14?,16?,17+,18+,19?,20+,21+/m1/s1. The summed E-state index contributed by atoms with van der Waals surface area (Å²) in [7, 11) is 0. The normalized spacial score (nSPS) is 45.6. The predicted molar refractivity (Wildman–Crippen MR) is 107 cm³/mol. The van der Waals surface area contributed by atoms with Crippen LogP contribution in [0.3, 0.4) is 0 Å². The molecule has 0 bridgehead atoms. The third kappa shape index (κ3) is 4.89.